The topological polar surface area (TPSA) is 93.1 Å². The summed E-state index contributed by atoms with van der Waals surface area (Å²) >= 11 is 0. The summed E-state index contributed by atoms with van der Waals surface area (Å²) in [6.45, 7) is 9.02. The first-order valence-corrected chi connectivity index (χ1v) is 9.50. The van der Waals surface area contributed by atoms with Crippen LogP contribution in [-0.4, -0.2) is 51.0 Å². The van der Waals surface area contributed by atoms with Crippen LogP contribution in [0.1, 0.15) is 65.7 Å². The molecule has 3 aliphatic rings. The maximum absolute atomic E-state index is 12.8. The van der Waals surface area contributed by atoms with Gasteiger partial charge in [0, 0.05) is 12.0 Å². The van der Waals surface area contributed by atoms with Crippen LogP contribution < -0.4 is 0 Å². The van der Waals surface area contributed by atoms with Crippen LogP contribution >= 0.6 is 0 Å². The maximum atomic E-state index is 12.8. The summed E-state index contributed by atoms with van der Waals surface area (Å²) in [6.07, 6.45) is 1.58. The van der Waals surface area contributed by atoms with Crippen molar-refractivity contribution < 1.29 is 29.3 Å². The Morgan fingerprint density at radius 3 is 2.50 bits per heavy atom. The van der Waals surface area contributed by atoms with Crippen LogP contribution in [0.3, 0.4) is 0 Å². The highest BCUT2D eigenvalue weighted by atomic mass is 16.6. The number of aliphatic hydroxyl groups excluding tert-OH is 1. The number of fused-ring (bicyclic) bond motifs is 5. The van der Waals surface area contributed by atoms with Crippen LogP contribution in [0, 0.1) is 5.92 Å². The van der Waals surface area contributed by atoms with Gasteiger partial charge in [0.25, 0.3) is 0 Å². The molecule has 0 aliphatic carbocycles. The average molecular weight is 366 g/mol. The highest BCUT2D eigenvalue weighted by molar-refractivity contribution is 5.94. The molecule has 0 spiro atoms. The fraction of sp³-hybridized carbons (Fsp3) is 0.800. The third-order valence-corrected chi connectivity index (χ3v) is 6.71. The van der Waals surface area contributed by atoms with Crippen molar-refractivity contribution >= 4 is 11.8 Å². The molecule has 6 nitrogen and oxygen atoms in total. The van der Waals surface area contributed by atoms with Gasteiger partial charge in [-0.1, -0.05) is 6.58 Å². The maximum Gasteiger partial charge on any atom is 0.334 e. The molecule has 0 saturated carbocycles. The smallest absolute Gasteiger partial charge is 0.334 e. The Hall–Kier alpha value is -1.24. The molecule has 2 N–H and O–H groups in total. The van der Waals surface area contributed by atoms with Crippen molar-refractivity contribution in [3.63, 3.8) is 0 Å². The van der Waals surface area contributed by atoms with Gasteiger partial charge in [-0.15, -0.1) is 0 Å². The van der Waals surface area contributed by atoms with Crippen LogP contribution in [0.4, 0.5) is 0 Å². The number of hydrogen-bond donors (Lipinski definition) is 2. The molecule has 3 rings (SSSR count). The molecule has 0 radical (unpaired) electrons. The van der Waals surface area contributed by atoms with Crippen LogP contribution in [0.15, 0.2) is 12.2 Å². The predicted octanol–water partition coefficient (Wildman–Crippen LogP) is 2.06. The lowest BCUT2D eigenvalue weighted by Gasteiger charge is -2.36. The van der Waals surface area contributed by atoms with Gasteiger partial charge in [0.15, 0.2) is 11.4 Å². The number of rotatable bonds is 0. The van der Waals surface area contributed by atoms with E-state index < -0.39 is 35.0 Å². The molecule has 4 bridgehead atoms. The van der Waals surface area contributed by atoms with Crippen molar-refractivity contribution in [3.8, 4) is 0 Å². The summed E-state index contributed by atoms with van der Waals surface area (Å²) in [5.74, 6) is -1.03. The number of ketones is 1. The summed E-state index contributed by atoms with van der Waals surface area (Å²) in [7, 11) is 0. The highest BCUT2D eigenvalue weighted by Gasteiger charge is 2.50. The lowest BCUT2D eigenvalue weighted by Crippen LogP contribution is -2.46. The molecule has 6 heteroatoms. The van der Waals surface area contributed by atoms with E-state index in [-0.39, 0.29) is 24.5 Å². The minimum Gasteiger partial charge on any atom is -0.448 e. The van der Waals surface area contributed by atoms with Crippen molar-refractivity contribution in [2.45, 2.75) is 94.7 Å². The first kappa shape index (κ1) is 19.5. The third kappa shape index (κ3) is 3.35. The largest absolute Gasteiger partial charge is 0.448 e. The van der Waals surface area contributed by atoms with Crippen LogP contribution in [0.2, 0.25) is 0 Å². The van der Waals surface area contributed by atoms with Crippen molar-refractivity contribution in [2.24, 2.45) is 5.92 Å². The van der Waals surface area contributed by atoms with E-state index in [0.29, 0.717) is 37.7 Å². The molecule has 0 amide bonds. The molecule has 6 atom stereocenters. The van der Waals surface area contributed by atoms with E-state index in [1.807, 2.05) is 6.92 Å². The van der Waals surface area contributed by atoms with E-state index >= 15 is 0 Å². The Kier molecular flexibility index (Phi) is 4.83. The number of aliphatic hydroxyl groups is 2. The number of hydrogen-bond acceptors (Lipinski definition) is 6. The van der Waals surface area contributed by atoms with E-state index in [2.05, 4.69) is 6.58 Å². The minimum absolute atomic E-state index is 0.104. The number of esters is 1. The molecule has 3 fully saturated rings. The fourth-order valence-electron chi connectivity index (χ4n) is 4.42. The average Bonchev–Trinajstić information content (AvgIpc) is 2.95. The van der Waals surface area contributed by atoms with Gasteiger partial charge in [-0.25, -0.2) is 4.79 Å². The van der Waals surface area contributed by atoms with E-state index in [1.54, 1.807) is 13.8 Å². The molecule has 3 heterocycles. The SMILES string of the molecule is C=C1C(=O)O[C@]2(C)CC[C@@H]1C[C@H](O)[C@@]1(C)CC[C@@H](O1)[C@](C)(O)CCC2=O. The molecule has 0 unspecified atom stereocenters. The van der Waals surface area contributed by atoms with Crippen molar-refractivity contribution in [1.29, 1.82) is 0 Å². The minimum atomic E-state index is -1.21. The zero-order chi connectivity index (χ0) is 19.3. The van der Waals surface area contributed by atoms with Gasteiger partial charge in [0.05, 0.1) is 23.4 Å². The summed E-state index contributed by atoms with van der Waals surface area (Å²) < 4.78 is 11.6. The lowest BCUT2D eigenvalue weighted by atomic mass is 9.80. The quantitative estimate of drug-likeness (QED) is 0.503. The highest BCUT2D eigenvalue weighted by Crippen LogP contribution is 2.43. The van der Waals surface area contributed by atoms with Crippen molar-refractivity contribution in [1.82, 2.24) is 0 Å². The van der Waals surface area contributed by atoms with Gasteiger partial charge in [0.2, 0.25) is 0 Å². The van der Waals surface area contributed by atoms with Gasteiger partial charge in [-0.3, -0.25) is 4.79 Å². The van der Waals surface area contributed by atoms with E-state index in [9.17, 15) is 19.8 Å². The Bertz CT molecular complexity index is 626. The number of carbonyl (C=O) groups excluding carboxylic acids is 2. The molecule has 3 aliphatic heterocycles. The van der Waals surface area contributed by atoms with E-state index in [1.165, 1.54) is 0 Å². The van der Waals surface area contributed by atoms with Gasteiger partial charge in [-0.2, -0.15) is 0 Å². The zero-order valence-corrected chi connectivity index (χ0v) is 15.9. The first-order chi connectivity index (χ1) is 12.0. The Labute approximate surface area is 154 Å². The molecule has 146 valence electrons. The standard InChI is InChI=1S/C20H30O6/c1-12-13-5-9-19(3,26-17(12)23)14(21)6-8-18(2,24)16-7-10-20(4,25-16)15(22)11-13/h13,15-16,22,24H,1,5-11H2,2-4H3/t13-,15+,16-,18-,19-,20-/m1/s1. The summed E-state index contributed by atoms with van der Waals surface area (Å²) in [4.78, 5) is 25.2. The fourth-order valence-corrected chi connectivity index (χ4v) is 4.42. The van der Waals surface area contributed by atoms with Crippen LogP contribution in [0.25, 0.3) is 0 Å². The van der Waals surface area contributed by atoms with Crippen LogP contribution in [-0.2, 0) is 19.1 Å². The van der Waals surface area contributed by atoms with Gasteiger partial charge in [0.1, 0.15) is 0 Å². The molecule has 3 saturated heterocycles. The normalized spacial score (nSPS) is 47.6. The van der Waals surface area contributed by atoms with Crippen LogP contribution in [0.5, 0.6) is 0 Å². The number of Topliss-reactive ketones (excluding diaryl/α,β-unsaturated/α-hetero) is 1. The Morgan fingerprint density at radius 2 is 1.81 bits per heavy atom. The monoisotopic (exact) mass is 366 g/mol. The zero-order valence-electron chi connectivity index (χ0n) is 15.9. The lowest BCUT2D eigenvalue weighted by molar-refractivity contribution is -0.169. The van der Waals surface area contributed by atoms with E-state index in [4.69, 9.17) is 9.47 Å². The van der Waals surface area contributed by atoms with Gasteiger partial charge < -0.3 is 19.7 Å². The number of carbonyl (C=O) groups is 2. The second-order valence-corrected chi connectivity index (χ2v) is 8.87. The molecule has 0 aromatic carbocycles. The second-order valence-electron chi connectivity index (χ2n) is 8.87. The molecule has 26 heavy (non-hydrogen) atoms. The van der Waals surface area contributed by atoms with Gasteiger partial charge >= 0.3 is 5.97 Å². The summed E-state index contributed by atoms with van der Waals surface area (Å²) in [5.41, 5.74) is -2.87. The first-order valence-electron chi connectivity index (χ1n) is 9.50. The van der Waals surface area contributed by atoms with Crippen molar-refractivity contribution in [3.05, 3.63) is 12.2 Å². The third-order valence-electron chi connectivity index (χ3n) is 6.71. The second kappa shape index (κ2) is 6.43. The Balaban J connectivity index is 1.97. The van der Waals surface area contributed by atoms with E-state index in [0.717, 1.165) is 0 Å². The number of ether oxygens (including phenoxy) is 2. The molecular weight excluding hydrogens is 336 g/mol. The Morgan fingerprint density at radius 1 is 1.12 bits per heavy atom. The summed E-state index contributed by atoms with van der Waals surface area (Å²) in [5, 5.41) is 21.7. The predicted molar refractivity (Wildman–Crippen MR) is 94.4 cm³/mol. The molecule has 0 aromatic rings. The molecular formula is C20H30O6. The van der Waals surface area contributed by atoms with Gasteiger partial charge in [-0.05, 0) is 65.2 Å². The summed E-state index contributed by atoms with van der Waals surface area (Å²) in [6, 6.07) is 0. The molecule has 0 aromatic heterocycles. The van der Waals surface area contributed by atoms with Crippen molar-refractivity contribution in [2.75, 3.05) is 0 Å².